The molecule has 0 unspecified atom stereocenters. The van der Waals surface area contributed by atoms with Gasteiger partial charge >= 0.3 is 0 Å². The number of para-hydroxylation sites is 1. The second-order valence-electron chi connectivity index (χ2n) is 4.15. The van der Waals surface area contributed by atoms with Crippen molar-refractivity contribution < 1.29 is 9.18 Å². The van der Waals surface area contributed by atoms with Crippen LogP contribution in [0.3, 0.4) is 0 Å². The van der Waals surface area contributed by atoms with Gasteiger partial charge in [0.2, 0.25) is 5.91 Å². The minimum Gasteiger partial charge on any atom is -0.397 e. The highest BCUT2D eigenvalue weighted by Crippen LogP contribution is 2.31. The van der Waals surface area contributed by atoms with E-state index in [9.17, 15) is 9.18 Å². The quantitative estimate of drug-likeness (QED) is 0.830. The molecule has 0 radical (unpaired) electrons. The standard InChI is InChI=1S/C14H14FN3O/c1-18(12-5-3-2-4-10(12)15)13-8-9(14(17)19)6-7-11(13)16/h2-8H,16H2,1H3,(H2,17,19). The van der Waals surface area contributed by atoms with Gasteiger partial charge in [0.1, 0.15) is 5.82 Å². The minimum atomic E-state index is -0.553. The number of carbonyl (C=O) groups is 1. The molecule has 4 nitrogen and oxygen atoms in total. The first kappa shape index (κ1) is 12.9. The maximum Gasteiger partial charge on any atom is 0.248 e. The summed E-state index contributed by atoms with van der Waals surface area (Å²) < 4.78 is 13.7. The van der Waals surface area contributed by atoms with Gasteiger partial charge in [-0.25, -0.2) is 4.39 Å². The van der Waals surface area contributed by atoms with Crippen LogP contribution in [0.5, 0.6) is 0 Å². The van der Waals surface area contributed by atoms with E-state index in [1.807, 2.05) is 0 Å². The van der Waals surface area contributed by atoms with Crippen molar-refractivity contribution in [2.24, 2.45) is 5.73 Å². The van der Waals surface area contributed by atoms with Crippen molar-refractivity contribution in [3.63, 3.8) is 0 Å². The Kier molecular flexibility index (Phi) is 3.37. The Bertz CT molecular complexity index is 628. The predicted octanol–water partition coefficient (Wildman–Crippen LogP) is 2.27. The van der Waals surface area contributed by atoms with Crippen LogP contribution in [0.4, 0.5) is 21.5 Å². The summed E-state index contributed by atoms with van der Waals surface area (Å²) >= 11 is 0. The van der Waals surface area contributed by atoms with E-state index in [0.717, 1.165) is 0 Å². The molecule has 2 aromatic rings. The molecule has 0 fully saturated rings. The van der Waals surface area contributed by atoms with Gasteiger partial charge in [-0.1, -0.05) is 12.1 Å². The third-order valence-corrected chi connectivity index (χ3v) is 2.89. The normalized spacial score (nSPS) is 10.2. The zero-order valence-electron chi connectivity index (χ0n) is 10.4. The maximum atomic E-state index is 13.7. The van der Waals surface area contributed by atoms with Crippen LogP contribution in [0.1, 0.15) is 10.4 Å². The van der Waals surface area contributed by atoms with Crippen molar-refractivity contribution in [3.8, 4) is 0 Å². The summed E-state index contributed by atoms with van der Waals surface area (Å²) in [7, 11) is 1.68. The van der Waals surface area contributed by atoms with E-state index in [1.165, 1.54) is 12.1 Å². The Balaban J connectivity index is 2.49. The first-order valence-electron chi connectivity index (χ1n) is 5.68. The number of nitrogens with zero attached hydrogens (tertiary/aromatic N) is 1. The third kappa shape index (κ3) is 2.49. The van der Waals surface area contributed by atoms with E-state index in [-0.39, 0.29) is 5.82 Å². The molecule has 2 rings (SSSR count). The summed E-state index contributed by atoms with van der Waals surface area (Å²) in [5.74, 6) is -0.919. The minimum absolute atomic E-state index is 0.326. The van der Waals surface area contributed by atoms with Crippen molar-refractivity contribution >= 4 is 23.0 Å². The lowest BCUT2D eigenvalue weighted by molar-refractivity contribution is 0.100. The molecule has 0 aliphatic rings. The average molecular weight is 259 g/mol. The summed E-state index contributed by atoms with van der Waals surface area (Å²) in [6.45, 7) is 0. The van der Waals surface area contributed by atoms with Crippen molar-refractivity contribution in [2.45, 2.75) is 0 Å². The van der Waals surface area contributed by atoms with Gasteiger partial charge in [0.05, 0.1) is 17.1 Å². The number of carbonyl (C=O) groups excluding carboxylic acids is 1. The molecule has 0 aliphatic carbocycles. The second kappa shape index (κ2) is 4.97. The van der Waals surface area contributed by atoms with Crippen molar-refractivity contribution in [1.82, 2.24) is 0 Å². The molecule has 4 N–H and O–H groups in total. The molecule has 0 spiro atoms. The topological polar surface area (TPSA) is 72.3 Å². The van der Waals surface area contributed by atoms with Crippen LogP contribution in [0.25, 0.3) is 0 Å². The lowest BCUT2D eigenvalue weighted by atomic mass is 10.1. The molecule has 0 saturated heterocycles. The largest absolute Gasteiger partial charge is 0.397 e. The van der Waals surface area contributed by atoms with Crippen LogP contribution < -0.4 is 16.4 Å². The van der Waals surface area contributed by atoms with Gasteiger partial charge in [-0.3, -0.25) is 4.79 Å². The molecule has 0 saturated carbocycles. The zero-order valence-corrected chi connectivity index (χ0v) is 10.4. The Morgan fingerprint density at radius 2 is 1.84 bits per heavy atom. The number of hydrogen-bond acceptors (Lipinski definition) is 3. The molecule has 2 aromatic carbocycles. The number of anilines is 3. The molecular formula is C14H14FN3O. The number of nitrogen functional groups attached to an aromatic ring is 1. The van der Waals surface area contributed by atoms with Crippen molar-refractivity contribution in [1.29, 1.82) is 0 Å². The average Bonchev–Trinajstić information content (AvgIpc) is 2.38. The number of nitrogens with two attached hydrogens (primary N) is 2. The molecule has 5 heteroatoms. The van der Waals surface area contributed by atoms with E-state index in [2.05, 4.69) is 0 Å². The molecule has 98 valence electrons. The molecule has 0 atom stereocenters. The van der Waals surface area contributed by atoms with Crippen LogP contribution in [0.15, 0.2) is 42.5 Å². The van der Waals surface area contributed by atoms with Gasteiger partial charge in [0.25, 0.3) is 0 Å². The molecule has 0 aliphatic heterocycles. The van der Waals surface area contributed by atoms with E-state index < -0.39 is 5.91 Å². The summed E-state index contributed by atoms with van der Waals surface area (Å²) in [6.07, 6.45) is 0. The molecular weight excluding hydrogens is 245 g/mol. The number of amides is 1. The highest BCUT2D eigenvalue weighted by atomic mass is 19.1. The fourth-order valence-electron chi connectivity index (χ4n) is 1.84. The fraction of sp³-hybridized carbons (Fsp3) is 0.0714. The Hall–Kier alpha value is -2.56. The lowest BCUT2D eigenvalue weighted by Gasteiger charge is -2.22. The number of primary amides is 1. The fourth-order valence-corrected chi connectivity index (χ4v) is 1.84. The van der Waals surface area contributed by atoms with Crippen LogP contribution in [-0.2, 0) is 0 Å². The second-order valence-corrected chi connectivity index (χ2v) is 4.15. The lowest BCUT2D eigenvalue weighted by Crippen LogP contribution is -2.16. The first-order valence-corrected chi connectivity index (χ1v) is 5.68. The first-order chi connectivity index (χ1) is 9.00. The Morgan fingerprint density at radius 1 is 1.16 bits per heavy atom. The smallest absolute Gasteiger partial charge is 0.248 e. The van der Waals surface area contributed by atoms with Crippen LogP contribution in [0, 0.1) is 5.82 Å². The van der Waals surface area contributed by atoms with Gasteiger partial charge in [-0.2, -0.15) is 0 Å². The number of rotatable bonds is 3. The number of halogens is 1. The summed E-state index contributed by atoms with van der Waals surface area (Å²) in [4.78, 5) is 12.8. The number of benzene rings is 2. The summed E-state index contributed by atoms with van der Waals surface area (Å²) in [6, 6.07) is 11.0. The van der Waals surface area contributed by atoms with E-state index in [1.54, 1.807) is 42.3 Å². The van der Waals surface area contributed by atoms with Crippen LogP contribution in [-0.4, -0.2) is 13.0 Å². The predicted molar refractivity (Wildman–Crippen MR) is 73.8 cm³/mol. The van der Waals surface area contributed by atoms with Gasteiger partial charge < -0.3 is 16.4 Å². The van der Waals surface area contributed by atoms with E-state index in [0.29, 0.717) is 22.6 Å². The third-order valence-electron chi connectivity index (χ3n) is 2.89. The molecule has 0 aromatic heterocycles. The Morgan fingerprint density at radius 3 is 2.47 bits per heavy atom. The highest BCUT2D eigenvalue weighted by Gasteiger charge is 2.13. The van der Waals surface area contributed by atoms with Gasteiger partial charge in [0, 0.05) is 12.6 Å². The van der Waals surface area contributed by atoms with Crippen molar-refractivity contribution in [3.05, 3.63) is 53.8 Å². The SMILES string of the molecule is CN(c1cc(C(N)=O)ccc1N)c1ccccc1F. The monoisotopic (exact) mass is 259 g/mol. The van der Waals surface area contributed by atoms with Crippen LogP contribution in [0.2, 0.25) is 0 Å². The van der Waals surface area contributed by atoms with Crippen molar-refractivity contribution in [2.75, 3.05) is 17.7 Å². The van der Waals surface area contributed by atoms with Gasteiger partial charge in [-0.05, 0) is 30.3 Å². The number of hydrogen-bond donors (Lipinski definition) is 2. The molecule has 19 heavy (non-hydrogen) atoms. The van der Waals surface area contributed by atoms with Gasteiger partial charge in [-0.15, -0.1) is 0 Å². The van der Waals surface area contributed by atoms with E-state index >= 15 is 0 Å². The summed E-state index contributed by atoms with van der Waals surface area (Å²) in [5.41, 5.74) is 12.8. The maximum absolute atomic E-state index is 13.7. The van der Waals surface area contributed by atoms with E-state index in [4.69, 9.17) is 11.5 Å². The van der Waals surface area contributed by atoms with Gasteiger partial charge in [0.15, 0.2) is 0 Å². The highest BCUT2D eigenvalue weighted by molar-refractivity contribution is 5.95. The van der Waals surface area contributed by atoms with Crippen LogP contribution >= 0.6 is 0 Å². The molecule has 1 amide bonds. The molecule has 0 heterocycles. The Labute approximate surface area is 110 Å². The summed E-state index contributed by atoms with van der Waals surface area (Å²) in [5, 5.41) is 0. The molecule has 0 bridgehead atoms. The zero-order chi connectivity index (χ0) is 14.0.